The van der Waals surface area contributed by atoms with Crippen molar-refractivity contribution in [3.63, 3.8) is 0 Å². The van der Waals surface area contributed by atoms with E-state index in [2.05, 4.69) is 0 Å². The van der Waals surface area contributed by atoms with Crippen LogP contribution in [0.3, 0.4) is 0 Å². The van der Waals surface area contributed by atoms with E-state index in [1.807, 2.05) is 0 Å². The minimum atomic E-state index is -3.86. The fourth-order valence-electron chi connectivity index (χ4n) is 2.46. The molecule has 2 rings (SSSR count). The first-order valence-electron chi connectivity index (χ1n) is 8.01. The van der Waals surface area contributed by atoms with Crippen LogP contribution in [-0.2, 0) is 10.0 Å². The topological polar surface area (TPSA) is 66.9 Å². The second-order valence-electron chi connectivity index (χ2n) is 5.80. The van der Waals surface area contributed by atoms with Crippen LogP contribution < -0.4 is 9.64 Å². The molecule has 0 aromatic heterocycles. The normalized spacial score (nSPS) is 11.5. The number of methoxy groups -OCH3 is 1. The van der Waals surface area contributed by atoms with Gasteiger partial charge in [-0.2, -0.15) is 0 Å². The molecule has 146 valence electrons. The van der Waals surface area contributed by atoms with Crippen LogP contribution in [0.4, 0.5) is 14.5 Å². The van der Waals surface area contributed by atoms with Gasteiger partial charge in [0.05, 0.1) is 7.11 Å². The second kappa shape index (κ2) is 8.01. The van der Waals surface area contributed by atoms with Crippen LogP contribution >= 0.6 is 0 Å². The van der Waals surface area contributed by atoms with E-state index in [-0.39, 0.29) is 28.4 Å². The van der Waals surface area contributed by atoms with Gasteiger partial charge in [0.1, 0.15) is 10.6 Å². The molecule has 0 aliphatic heterocycles. The van der Waals surface area contributed by atoms with E-state index in [0.29, 0.717) is 0 Å². The number of sulfonamides is 1. The third-order valence-corrected chi connectivity index (χ3v) is 5.78. The van der Waals surface area contributed by atoms with Gasteiger partial charge in [-0.1, -0.05) is 0 Å². The molecular formula is C18H20F2N2O4S. The highest BCUT2D eigenvalue weighted by Gasteiger charge is 2.25. The number of nitrogens with zero attached hydrogens (tertiary/aromatic N) is 2. The van der Waals surface area contributed by atoms with Gasteiger partial charge in [-0.3, -0.25) is 4.79 Å². The Labute approximate surface area is 157 Å². The lowest BCUT2D eigenvalue weighted by molar-refractivity contribution is 0.0988. The number of benzene rings is 2. The molecule has 0 unspecified atom stereocenters. The third kappa shape index (κ3) is 4.09. The molecule has 6 nitrogen and oxygen atoms in total. The standard InChI is InChI=1S/C18H20F2N2O4S/c1-5-22(13-7-8-14(19)15(20)11-13)18(23)12-6-9-16(26-4)17(10-12)27(24,25)21(2)3/h6-11H,5H2,1-4H3. The average Bonchev–Trinajstić information content (AvgIpc) is 2.64. The molecule has 2 aromatic carbocycles. The molecule has 0 aliphatic carbocycles. The molecular weight excluding hydrogens is 378 g/mol. The predicted molar refractivity (Wildman–Crippen MR) is 97.6 cm³/mol. The molecule has 0 fully saturated rings. The summed E-state index contributed by atoms with van der Waals surface area (Å²) in [7, 11) is 0.195. The lowest BCUT2D eigenvalue weighted by Gasteiger charge is -2.22. The Morgan fingerprint density at radius 1 is 1.07 bits per heavy atom. The van der Waals surface area contributed by atoms with Crippen molar-refractivity contribution in [2.24, 2.45) is 0 Å². The highest BCUT2D eigenvalue weighted by atomic mass is 32.2. The van der Waals surface area contributed by atoms with Gasteiger partial charge in [-0.25, -0.2) is 21.5 Å². The van der Waals surface area contributed by atoms with Gasteiger partial charge < -0.3 is 9.64 Å². The van der Waals surface area contributed by atoms with Crippen LogP contribution in [-0.4, -0.2) is 46.4 Å². The Morgan fingerprint density at radius 2 is 1.74 bits per heavy atom. The van der Waals surface area contributed by atoms with Crippen molar-refractivity contribution in [2.45, 2.75) is 11.8 Å². The number of carbonyl (C=O) groups excluding carboxylic acids is 1. The third-order valence-electron chi connectivity index (χ3n) is 3.95. The lowest BCUT2D eigenvalue weighted by Crippen LogP contribution is -2.31. The molecule has 0 spiro atoms. The van der Waals surface area contributed by atoms with Crippen LogP contribution in [0, 0.1) is 11.6 Å². The Morgan fingerprint density at radius 3 is 2.26 bits per heavy atom. The molecule has 0 bridgehead atoms. The average molecular weight is 398 g/mol. The largest absolute Gasteiger partial charge is 0.495 e. The number of hydrogen-bond donors (Lipinski definition) is 0. The first-order chi connectivity index (χ1) is 12.6. The number of rotatable bonds is 6. The van der Waals surface area contributed by atoms with E-state index in [4.69, 9.17) is 4.74 Å². The van der Waals surface area contributed by atoms with Crippen LogP contribution in [0.2, 0.25) is 0 Å². The smallest absolute Gasteiger partial charge is 0.258 e. The molecule has 0 saturated heterocycles. The summed E-state index contributed by atoms with van der Waals surface area (Å²) in [4.78, 5) is 13.9. The number of halogens is 2. The van der Waals surface area contributed by atoms with Gasteiger partial charge in [0.25, 0.3) is 5.91 Å². The van der Waals surface area contributed by atoms with E-state index in [1.165, 1.54) is 50.4 Å². The van der Waals surface area contributed by atoms with Crippen molar-refractivity contribution in [1.29, 1.82) is 0 Å². The number of hydrogen-bond acceptors (Lipinski definition) is 4. The van der Waals surface area contributed by atoms with Gasteiger partial charge >= 0.3 is 0 Å². The summed E-state index contributed by atoms with van der Waals surface area (Å²) in [5, 5.41) is 0. The van der Waals surface area contributed by atoms with Crippen molar-refractivity contribution in [3.8, 4) is 5.75 Å². The zero-order valence-electron chi connectivity index (χ0n) is 15.4. The van der Waals surface area contributed by atoms with Gasteiger partial charge in [-0.05, 0) is 37.3 Å². The summed E-state index contributed by atoms with van der Waals surface area (Å²) >= 11 is 0. The number of amides is 1. The Hall–Kier alpha value is -2.52. The predicted octanol–water partition coefficient (Wildman–Crippen LogP) is 2.89. The molecule has 0 N–H and O–H groups in total. The van der Waals surface area contributed by atoms with Gasteiger partial charge in [0.15, 0.2) is 11.6 Å². The van der Waals surface area contributed by atoms with E-state index in [1.54, 1.807) is 6.92 Å². The maximum absolute atomic E-state index is 13.5. The van der Waals surface area contributed by atoms with Crippen LogP contribution in [0.5, 0.6) is 5.75 Å². The first kappa shape index (κ1) is 20.8. The van der Waals surface area contributed by atoms with Gasteiger partial charge in [-0.15, -0.1) is 0 Å². The molecule has 0 radical (unpaired) electrons. The van der Waals surface area contributed by atoms with Crippen molar-refractivity contribution in [3.05, 3.63) is 53.6 Å². The van der Waals surface area contributed by atoms with Crippen molar-refractivity contribution < 1.29 is 26.7 Å². The fourth-order valence-corrected chi connectivity index (χ4v) is 3.54. The van der Waals surface area contributed by atoms with Crippen LogP contribution in [0.1, 0.15) is 17.3 Å². The van der Waals surface area contributed by atoms with Crippen LogP contribution in [0.25, 0.3) is 0 Å². The highest BCUT2D eigenvalue weighted by molar-refractivity contribution is 7.89. The highest BCUT2D eigenvalue weighted by Crippen LogP contribution is 2.28. The van der Waals surface area contributed by atoms with Gasteiger partial charge in [0.2, 0.25) is 10.0 Å². The van der Waals surface area contributed by atoms with E-state index >= 15 is 0 Å². The molecule has 2 aromatic rings. The zero-order chi connectivity index (χ0) is 20.4. The summed E-state index contributed by atoms with van der Waals surface area (Å²) in [5.41, 5.74) is 0.233. The zero-order valence-corrected chi connectivity index (χ0v) is 16.2. The molecule has 27 heavy (non-hydrogen) atoms. The van der Waals surface area contributed by atoms with E-state index in [9.17, 15) is 22.0 Å². The second-order valence-corrected chi connectivity index (χ2v) is 7.92. The SMILES string of the molecule is CCN(C(=O)c1ccc(OC)c(S(=O)(=O)N(C)C)c1)c1ccc(F)c(F)c1. The molecule has 1 amide bonds. The summed E-state index contributed by atoms with van der Waals surface area (Å²) in [6, 6.07) is 7.12. The fraction of sp³-hybridized carbons (Fsp3) is 0.278. The number of ether oxygens (including phenoxy) is 1. The molecule has 0 atom stereocenters. The Balaban J connectivity index is 2.53. The lowest BCUT2D eigenvalue weighted by atomic mass is 10.1. The monoisotopic (exact) mass is 398 g/mol. The summed E-state index contributed by atoms with van der Waals surface area (Å²) in [5.74, 6) is -2.56. The number of anilines is 1. The maximum Gasteiger partial charge on any atom is 0.258 e. The Bertz CT molecular complexity index is 962. The van der Waals surface area contributed by atoms with Gasteiger partial charge in [0, 0.05) is 38.0 Å². The Kier molecular flexibility index (Phi) is 6.17. The summed E-state index contributed by atoms with van der Waals surface area (Å²) < 4.78 is 57.8. The molecule has 0 saturated carbocycles. The van der Waals surface area contributed by atoms with Crippen molar-refractivity contribution in [1.82, 2.24) is 4.31 Å². The maximum atomic E-state index is 13.5. The minimum Gasteiger partial charge on any atom is -0.495 e. The molecule has 0 heterocycles. The van der Waals surface area contributed by atoms with Crippen LogP contribution in [0.15, 0.2) is 41.3 Å². The summed E-state index contributed by atoms with van der Waals surface area (Å²) in [6.45, 7) is 1.84. The van der Waals surface area contributed by atoms with Crippen molar-refractivity contribution in [2.75, 3.05) is 32.6 Å². The first-order valence-corrected chi connectivity index (χ1v) is 9.45. The van der Waals surface area contributed by atoms with Crippen molar-refractivity contribution >= 4 is 21.6 Å². The minimum absolute atomic E-state index is 0.0720. The number of carbonyl (C=O) groups is 1. The summed E-state index contributed by atoms with van der Waals surface area (Å²) in [6.07, 6.45) is 0. The molecule has 9 heteroatoms. The van der Waals surface area contributed by atoms with E-state index < -0.39 is 27.6 Å². The molecule has 0 aliphatic rings. The van der Waals surface area contributed by atoms with E-state index in [0.717, 1.165) is 16.4 Å². The quantitative estimate of drug-likeness (QED) is 0.751.